The normalized spacial score (nSPS) is 20.9. The standard InChI is InChI=1S/C10H18N2O4/c1-10(9(14)15,6-3-4-6)12-8(13)7(11)5-16-2/h6-7H,3-5,11H2,1-2H3,(H,12,13)(H,14,15). The van der Waals surface area contributed by atoms with E-state index in [9.17, 15) is 9.59 Å². The number of carbonyl (C=O) groups is 2. The first-order valence-electron chi connectivity index (χ1n) is 5.21. The summed E-state index contributed by atoms with van der Waals surface area (Å²) in [4.78, 5) is 22.7. The molecule has 1 fully saturated rings. The van der Waals surface area contributed by atoms with E-state index in [-0.39, 0.29) is 12.5 Å². The number of hydrogen-bond acceptors (Lipinski definition) is 4. The van der Waals surface area contributed by atoms with Crippen molar-refractivity contribution in [1.82, 2.24) is 5.32 Å². The van der Waals surface area contributed by atoms with Crippen LogP contribution in [0.5, 0.6) is 0 Å². The Labute approximate surface area is 94.1 Å². The second-order valence-corrected chi connectivity index (χ2v) is 4.33. The Balaban J connectivity index is 2.62. The average molecular weight is 230 g/mol. The SMILES string of the molecule is COCC(N)C(=O)NC(C)(C(=O)O)C1CC1. The number of hydrogen-bond donors (Lipinski definition) is 3. The quantitative estimate of drug-likeness (QED) is 0.561. The smallest absolute Gasteiger partial charge is 0.329 e. The van der Waals surface area contributed by atoms with Gasteiger partial charge in [-0.2, -0.15) is 0 Å². The van der Waals surface area contributed by atoms with E-state index in [2.05, 4.69) is 5.32 Å². The zero-order chi connectivity index (χ0) is 12.3. The van der Waals surface area contributed by atoms with Crippen LogP contribution < -0.4 is 11.1 Å². The van der Waals surface area contributed by atoms with Crippen LogP contribution in [0.3, 0.4) is 0 Å². The third kappa shape index (κ3) is 2.70. The first-order chi connectivity index (χ1) is 7.41. The fraction of sp³-hybridized carbons (Fsp3) is 0.800. The van der Waals surface area contributed by atoms with Gasteiger partial charge in [0.25, 0.3) is 0 Å². The number of carboxylic acids is 1. The molecule has 0 aromatic carbocycles. The predicted molar refractivity (Wildman–Crippen MR) is 56.8 cm³/mol. The van der Waals surface area contributed by atoms with Gasteiger partial charge in [-0.3, -0.25) is 4.79 Å². The average Bonchev–Trinajstić information content (AvgIpc) is 3.00. The van der Waals surface area contributed by atoms with Gasteiger partial charge in [0.15, 0.2) is 0 Å². The van der Waals surface area contributed by atoms with E-state index >= 15 is 0 Å². The van der Waals surface area contributed by atoms with Crippen molar-refractivity contribution in [2.75, 3.05) is 13.7 Å². The van der Waals surface area contributed by atoms with E-state index in [1.54, 1.807) is 0 Å². The van der Waals surface area contributed by atoms with Gasteiger partial charge in [-0.15, -0.1) is 0 Å². The molecule has 0 aliphatic heterocycles. The molecule has 4 N–H and O–H groups in total. The lowest BCUT2D eigenvalue weighted by Gasteiger charge is -2.27. The Kier molecular flexibility index (Phi) is 3.88. The molecular formula is C10H18N2O4. The number of rotatable bonds is 6. The third-order valence-corrected chi connectivity index (χ3v) is 2.90. The van der Waals surface area contributed by atoms with Gasteiger partial charge in [-0.05, 0) is 25.7 Å². The minimum Gasteiger partial charge on any atom is -0.480 e. The molecule has 6 nitrogen and oxygen atoms in total. The maximum absolute atomic E-state index is 11.6. The molecule has 2 atom stereocenters. The number of carbonyl (C=O) groups excluding carboxylic acids is 1. The van der Waals surface area contributed by atoms with Crippen LogP contribution in [0.1, 0.15) is 19.8 Å². The van der Waals surface area contributed by atoms with Crippen LogP contribution in [0.2, 0.25) is 0 Å². The molecule has 16 heavy (non-hydrogen) atoms. The summed E-state index contributed by atoms with van der Waals surface area (Å²) in [7, 11) is 1.43. The highest BCUT2D eigenvalue weighted by atomic mass is 16.5. The van der Waals surface area contributed by atoms with Crippen LogP contribution in [0, 0.1) is 5.92 Å². The Morgan fingerprint density at radius 2 is 2.19 bits per heavy atom. The highest BCUT2D eigenvalue weighted by Crippen LogP contribution is 2.39. The summed E-state index contributed by atoms with van der Waals surface area (Å²) in [5.41, 5.74) is 4.32. The van der Waals surface area contributed by atoms with Crippen LogP contribution in [0.4, 0.5) is 0 Å². The van der Waals surface area contributed by atoms with E-state index < -0.39 is 23.5 Å². The topological polar surface area (TPSA) is 102 Å². The van der Waals surface area contributed by atoms with Crippen molar-refractivity contribution >= 4 is 11.9 Å². The van der Waals surface area contributed by atoms with E-state index in [1.165, 1.54) is 14.0 Å². The minimum atomic E-state index is -1.21. The first-order valence-corrected chi connectivity index (χ1v) is 5.21. The molecule has 0 saturated heterocycles. The van der Waals surface area contributed by atoms with Gasteiger partial charge in [0.2, 0.25) is 5.91 Å². The Bertz CT molecular complexity index is 291. The Morgan fingerprint density at radius 3 is 2.56 bits per heavy atom. The monoisotopic (exact) mass is 230 g/mol. The van der Waals surface area contributed by atoms with Gasteiger partial charge in [0.05, 0.1) is 6.61 Å². The summed E-state index contributed by atoms with van der Waals surface area (Å²) in [6.07, 6.45) is 1.64. The van der Waals surface area contributed by atoms with E-state index in [0.717, 1.165) is 12.8 Å². The largest absolute Gasteiger partial charge is 0.480 e. The van der Waals surface area contributed by atoms with Crippen LogP contribution in [0.15, 0.2) is 0 Å². The van der Waals surface area contributed by atoms with E-state index in [0.29, 0.717) is 0 Å². The van der Waals surface area contributed by atoms with Gasteiger partial charge >= 0.3 is 5.97 Å². The fourth-order valence-corrected chi connectivity index (χ4v) is 1.59. The van der Waals surface area contributed by atoms with Gasteiger partial charge in [-0.25, -0.2) is 4.79 Å². The zero-order valence-corrected chi connectivity index (χ0v) is 9.53. The molecule has 0 bridgehead atoms. The molecule has 6 heteroatoms. The number of aliphatic carboxylic acids is 1. The molecule has 0 aromatic rings. The summed E-state index contributed by atoms with van der Waals surface area (Å²) in [5, 5.41) is 11.6. The predicted octanol–water partition coefficient (Wildman–Crippen LogP) is -0.670. The van der Waals surface area contributed by atoms with Crippen LogP contribution in [-0.2, 0) is 14.3 Å². The molecule has 1 amide bonds. The van der Waals surface area contributed by atoms with Crippen molar-refractivity contribution in [1.29, 1.82) is 0 Å². The summed E-state index contributed by atoms with van der Waals surface area (Å²) in [5.74, 6) is -1.50. The number of ether oxygens (including phenoxy) is 1. The number of amides is 1. The zero-order valence-electron chi connectivity index (χ0n) is 9.53. The number of nitrogens with one attached hydrogen (secondary N) is 1. The van der Waals surface area contributed by atoms with Crippen molar-refractivity contribution < 1.29 is 19.4 Å². The molecule has 0 heterocycles. The molecule has 1 aliphatic rings. The molecule has 1 rings (SSSR count). The van der Waals surface area contributed by atoms with Crippen molar-refractivity contribution in [2.24, 2.45) is 11.7 Å². The van der Waals surface area contributed by atoms with Gasteiger partial charge < -0.3 is 20.9 Å². The second kappa shape index (κ2) is 4.80. The molecule has 0 radical (unpaired) electrons. The highest BCUT2D eigenvalue weighted by molar-refractivity contribution is 5.89. The van der Waals surface area contributed by atoms with Crippen molar-refractivity contribution in [3.63, 3.8) is 0 Å². The lowest BCUT2D eigenvalue weighted by Crippen LogP contribution is -2.58. The molecule has 0 spiro atoms. The van der Waals surface area contributed by atoms with Crippen LogP contribution >= 0.6 is 0 Å². The van der Waals surface area contributed by atoms with Gasteiger partial charge in [0.1, 0.15) is 11.6 Å². The maximum Gasteiger partial charge on any atom is 0.329 e. The van der Waals surface area contributed by atoms with Gasteiger partial charge in [0, 0.05) is 7.11 Å². The van der Waals surface area contributed by atoms with Gasteiger partial charge in [-0.1, -0.05) is 0 Å². The van der Waals surface area contributed by atoms with Crippen LogP contribution in [-0.4, -0.2) is 42.3 Å². The van der Waals surface area contributed by atoms with Crippen molar-refractivity contribution in [2.45, 2.75) is 31.3 Å². The number of methoxy groups -OCH3 is 1. The number of nitrogens with two attached hydrogens (primary N) is 1. The summed E-state index contributed by atoms with van der Waals surface area (Å²) >= 11 is 0. The molecule has 1 aliphatic carbocycles. The molecule has 2 unspecified atom stereocenters. The minimum absolute atomic E-state index is 0.00342. The lowest BCUT2D eigenvalue weighted by molar-refractivity contribution is -0.148. The first kappa shape index (κ1) is 12.9. The molecule has 0 aromatic heterocycles. The Hall–Kier alpha value is -1.14. The number of carboxylic acid groups (broad SMARTS) is 1. The molecule has 92 valence electrons. The molecule has 1 saturated carbocycles. The third-order valence-electron chi connectivity index (χ3n) is 2.90. The second-order valence-electron chi connectivity index (χ2n) is 4.33. The molecular weight excluding hydrogens is 212 g/mol. The van der Waals surface area contributed by atoms with Crippen molar-refractivity contribution in [3.8, 4) is 0 Å². The Morgan fingerprint density at radius 1 is 1.62 bits per heavy atom. The van der Waals surface area contributed by atoms with E-state index in [4.69, 9.17) is 15.6 Å². The maximum atomic E-state index is 11.6. The summed E-state index contributed by atoms with van der Waals surface area (Å²) < 4.78 is 4.74. The van der Waals surface area contributed by atoms with Crippen LogP contribution in [0.25, 0.3) is 0 Å². The van der Waals surface area contributed by atoms with E-state index in [1.807, 2.05) is 0 Å². The summed E-state index contributed by atoms with van der Waals surface area (Å²) in [6.45, 7) is 1.59. The summed E-state index contributed by atoms with van der Waals surface area (Å²) in [6, 6.07) is -0.831. The highest BCUT2D eigenvalue weighted by Gasteiger charge is 2.48. The fourth-order valence-electron chi connectivity index (χ4n) is 1.59. The van der Waals surface area contributed by atoms with Crippen molar-refractivity contribution in [3.05, 3.63) is 0 Å². The lowest BCUT2D eigenvalue weighted by atomic mass is 9.95.